The molecule has 0 aliphatic rings. The van der Waals surface area contributed by atoms with E-state index in [0.29, 0.717) is 5.82 Å². The molecule has 0 amide bonds. The Labute approximate surface area is 145 Å². The van der Waals surface area contributed by atoms with Crippen molar-refractivity contribution in [3.63, 3.8) is 0 Å². The minimum absolute atomic E-state index is 0.686. The van der Waals surface area contributed by atoms with Crippen LogP contribution < -0.4 is 10.1 Å². The summed E-state index contributed by atoms with van der Waals surface area (Å²) in [6.45, 7) is 2.01. The van der Waals surface area contributed by atoms with Crippen molar-refractivity contribution in [3.8, 4) is 17.1 Å². The van der Waals surface area contributed by atoms with Gasteiger partial charge < -0.3 is 15.0 Å². The molecule has 0 saturated heterocycles. The van der Waals surface area contributed by atoms with Crippen LogP contribution in [0.1, 0.15) is 5.69 Å². The molecule has 4 aromatic rings. The summed E-state index contributed by atoms with van der Waals surface area (Å²) in [6, 6.07) is 19.8. The first-order chi connectivity index (χ1) is 12.2. The highest BCUT2D eigenvalue weighted by Crippen LogP contribution is 2.28. The second kappa shape index (κ2) is 6.28. The summed E-state index contributed by atoms with van der Waals surface area (Å²) in [5.74, 6) is 2.28. The van der Waals surface area contributed by atoms with E-state index >= 15 is 0 Å². The molecule has 0 bridgehead atoms. The molecule has 5 nitrogen and oxygen atoms in total. The number of fused-ring (bicyclic) bond motifs is 1. The van der Waals surface area contributed by atoms with Crippen molar-refractivity contribution >= 4 is 22.5 Å². The zero-order valence-corrected chi connectivity index (χ0v) is 14.1. The molecule has 0 atom stereocenters. The van der Waals surface area contributed by atoms with E-state index in [-0.39, 0.29) is 0 Å². The summed E-state index contributed by atoms with van der Waals surface area (Å²) in [5.41, 5.74) is 3.79. The highest BCUT2D eigenvalue weighted by Gasteiger charge is 2.12. The van der Waals surface area contributed by atoms with E-state index in [0.717, 1.165) is 39.5 Å². The molecule has 2 heterocycles. The van der Waals surface area contributed by atoms with Crippen molar-refractivity contribution in [3.05, 3.63) is 66.4 Å². The fourth-order valence-corrected chi connectivity index (χ4v) is 2.76. The van der Waals surface area contributed by atoms with E-state index in [1.807, 2.05) is 61.5 Å². The third-order valence-electron chi connectivity index (χ3n) is 4.01. The van der Waals surface area contributed by atoms with Gasteiger partial charge in [-0.1, -0.05) is 30.3 Å². The molecular weight excluding hydrogens is 312 g/mol. The molecule has 2 N–H and O–H groups in total. The number of hydrogen-bond donors (Lipinski definition) is 2. The monoisotopic (exact) mass is 330 g/mol. The van der Waals surface area contributed by atoms with Gasteiger partial charge in [-0.2, -0.15) is 0 Å². The van der Waals surface area contributed by atoms with Gasteiger partial charge in [0.25, 0.3) is 0 Å². The van der Waals surface area contributed by atoms with Crippen LogP contribution in [0.5, 0.6) is 5.75 Å². The van der Waals surface area contributed by atoms with Crippen LogP contribution in [0.4, 0.5) is 11.5 Å². The lowest BCUT2D eigenvalue weighted by molar-refractivity contribution is 0.415. The minimum atomic E-state index is 0.686. The number of anilines is 2. The van der Waals surface area contributed by atoms with Gasteiger partial charge in [0, 0.05) is 16.9 Å². The zero-order valence-electron chi connectivity index (χ0n) is 14.1. The molecular formula is C20H18N4O. The third-order valence-corrected chi connectivity index (χ3v) is 4.01. The highest BCUT2D eigenvalue weighted by molar-refractivity contribution is 5.91. The number of aromatic amines is 1. The van der Waals surface area contributed by atoms with Crippen molar-refractivity contribution in [1.82, 2.24) is 15.0 Å². The first-order valence-electron chi connectivity index (χ1n) is 8.07. The number of ether oxygens (including phenoxy) is 1. The maximum atomic E-state index is 5.21. The SMILES string of the molecule is COc1ccc(Nc2nc(-c3ccccc3)nc3[nH]c(C)cc23)cc1. The standard InChI is InChI=1S/C20H18N4O/c1-13-12-17-19(21-13)23-18(14-6-4-3-5-7-14)24-20(17)22-15-8-10-16(25-2)11-9-15/h3-12H,1-2H3,(H2,21,22,23,24). The van der Waals surface area contributed by atoms with Gasteiger partial charge in [-0.3, -0.25) is 0 Å². The first kappa shape index (κ1) is 15.2. The van der Waals surface area contributed by atoms with Crippen LogP contribution in [0.3, 0.4) is 0 Å². The summed E-state index contributed by atoms with van der Waals surface area (Å²) >= 11 is 0. The lowest BCUT2D eigenvalue weighted by Crippen LogP contribution is -1.98. The maximum Gasteiger partial charge on any atom is 0.163 e. The van der Waals surface area contributed by atoms with E-state index < -0.39 is 0 Å². The lowest BCUT2D eigenvalue weighted by atomic mass is 10.2. The number of benzene rings is 2. The quantitative estimate of drug-likeness (QED) is 0.570. The molecule has 0 saturated carbocycles. The number of hydrogen-bond acceptors (Lipinski definition) is 4. The molecule has 0 aliphatic heterocycles. The van der Waals surface area contributed by atoms with Gasteiger partial charge in [0.2, 0.25) is 0 Å². The molecule has 124 valence electrons. The van der Waals surface area contributed by atoms with Gasteiger partial charge in [-0.15, -0.1) is 0 Å². The van der Waals surface area contributed by atoms with Crippen LogP contribution in [0.15, 0.2) is 60.7 Å². The number of methoxy groups -OCH3 is 1. The number of rotatable bonds is 4. The van der Waals surface area contributed by atoms with Gasteiger partial charge in [0.1, 0.15) is 17.2 Å². The number of nitrogens with one attached hydrogen (secondary N) is 2. The van der Waals surface area contributed by atoms with E-state index in [2.05, 4.69) is 21.4 Å². The number of nitrogens with zero attached hydrogens (tertiary/aromatic N) is 2. The molecule has 0 unspecified atom stereocenters. The van der Waals surface area contributed by atoms with Crippen molar-refractivity contribution in [2.75, 3.05) is 12.4 Å². The van der Waals surface area contributed by atoms with Gasteiger partial charge in [0.15, 0.2) is 5.82 Å². The first-order valence-corrected chi connectivity index (χ1v) is 8.07. The fourth-order valence-electron chi connectivity index (χ4n) is 2.76. The van der Waals surface area contributed by atoms with E-state index in [1.165, 1.54) is 0 Å². The Kier molecular flexibility index (Phi) is 3.82. The largest absolute Gasteiger partial charge is 0.497 e. The molecule has 25 heavy (non-hydrogen) atoms. The van der Waals surface area contributed by atoms with Crippen molar-refractivity contribution < 1.29 is 4.74 Å². The van der Waals surface area contributed by atoms with Gasteiger partial charge in [-0.25, -0.2) is 9.97 Å². The average molecular weight is 330 g/mol. The molecule has 0 aliphatic carbocycles. The third kappa shape index (κ3) is 3.04. The Morgan fingerprint density at radius 1 is 0.960 bits per heavy atom. The van der Waals surface area contributed by atoms with Crippen LogP contribution in [-0.4, -0.2) is 22.1 Å². The second-order valence-corrected chi connectivity index (χ2v) is 5.83. The average Bonchev–Trinajstić information content (AvgIpc) is 3.03. The minimum Gasteiger partial charge on any atom is -0.497 e. The second-order valence-electron chi connectivity index (χ2n) is 5.83. The van der Waals surface area contributed by atoms with Crippen LogP contribution in [0.2, 0.25) is 0 Å². The number of H-pyrrole nitrogens is 1. The molecule has 4 rings (SSSR count). The summed E-state index contributed by atoms with van der Waals surface area (Å²) in [5, 5.41) is 4.36. The van der Waals surface area contributed by atoms with Crippen LogP contribution in [0.25, 0.3) is 22.4 Å². The Balaban J connectivity index is 1.80. The fraction of sp³-hybridized carbons (Fsp3) is 0.100. The predicted molar refractivity (Wildman–Crippen MR) is 100 cm³/mol. The zero-order chi connectivity index (χ0) is 17.2. The Bertz CT molecular complexity index is 1010. The van der Waals surface area contributed by atoms with Gasteiger partial charge in [0.05, 0.1) is 12.5 Å². The molecule has 0 fully saturated rings. The Morgan fingerprint density at radius 2 is 1.72 bits per heavy atom. The van der Waals surface area contributed by atoms with E-state index in [1.54, 1.807) is 7.11 Å². The van der Waals surface area contributed by atoms with E-state index in [4.69, 9.17) is 9.72 Å². The highest BCUT2D eigenvalue weighted by atomic mass is 16.5. The summed E-state index contributed by atoms with van der Waals surface area (Å²) in [7, 11) is 1.66. The van der Waals surface area contributed by atoms with Crippen LogP contribution in [0, 0.1) is 6.92 Å². The number of aromatic nitrogens is 3. The molecule has 0 radical (unpaired) electrons. The smallest absolute Gasteiger partial charge is 0.163 e. The number of aryl methyl sites for hydroxylation is 1. The molecule has 0 spiro atoms. The molecule has 2 aromatic heterocycles. The van der Waals surface area contributed by atoms with Crippen molar-refractivity contribution in [1.29, 1.82) is 0 Å². The van der Waals surface area contributed by atoms with Crippen LogP contribution >= 0.6 is 0 Å². The summed E-state index contributed by atoms with van der Waals surface area (Å²) in [6.07, 6.45) is 0. The molecule has 5 heteroatoms. The predicted octanol–water partition coefficient (Wildman–Crippen LogP) is 4.69. The maximum absolute atomic E-state index is 5.21. The Hall–Kier alpha value is -3.34. The normalized spacial score (nSPS) is 10.8. The van der Waals surface area contributed by atoms with E-state index in [9.17, 15) is 0 Å². The summed E-state index contributed by atoms with van der Waals surface area (Å²) < 4.78 is 5.21. The van der Waals surface area contributed by atoms with Gasteiger partial charge >= 0.3 is 0 Å². The summed E-state index contributed by atoms with van der Waals surface area (Å²) in [4.78, 5) is 12.7. The molecule has 2 aromatic carbocycles. The topological polar surface area (TPSA) is 62.8 Å². The van der Waals surface area contributed by atoms with Gasteiger partial charge in [-0.05, 0) is 37.3 Å². The van der Waals surface area contributed by atoms with Crippen molar-refractivity contribution in [2.24, 2.45) is 0 Å². The van der Waals surface area contributed by atoms with Crippen molar-refractivity contribution in [2.45, 2.75) is 6.92 Å². The lowest BCUT2D eigenvalue weighted by Gasteiger charge is -2.09. The van der Waals surface area contributed by atoms with Crippen LogP contribution in [-0.2, 0) is 0 Å². The Morgan fingerprint density at radius 3 is 2.44 bits per heavy atom.